The van der Waals surface area contributed by atoms with Gasteiger partial charge in [0.2, 0.25) is 5.91 Å². The van der Waals surface area contributed by atoms with E-state index < -0.39 is 10.0 Å². The minimum absolute atomic E-state index is 0.117. The topological polar surface area (TPSA) is 57.7 Å². The van der Waals surface area contributed by atoms with E-state index in [0.29, 0.717) is 5.69 Å². The molecule has 0 spiro atoms. The summed E-state index contributed by atoms with van der Waals surface area (Å²) in [5, 5.41) is 0. The SMILES string of the molecule is Cc1ccc(S(=O)(=O)N(CC(=O)N(C)Cc2ccc(F)cc2)c2ccccc2)cc1. The molecule has 5 nitrogen and oxygen atoms in total. The Bertz CT molecular complexity index is 1100. The minimum atomic E-state index is -3.94. The lowest BCUT2D eigenvalue weighted by Gasteiger charge is -2.26. The van der Waals surface area contributed by atoms with Crippen LogP contribution in [0.1, 0.15) is 11.1 Å². The summed E-state index contributed by atoms with van der Waals surface area (Å²) in [6.07, 6.45) is 0. The standard InChI is InChI=1S/C23H23FN2O3S/c1-18-8-14-22(15-9-18)30(28,29)26(21-6-4-3-5-7-21)17-23(27)25(2)16-19-10-12-20(24)13-11-19/h3-15H,16-17H2,1-2H3. The van der Waals surface area contributed by atoms with Gasteiger partial charge in [0, 0.05) is 13.6 Å². The molecule has 0 aliphatic carbocycles. The number of nitrogens with zero attached hydrogens (tertiary/aromatic N) is 2. The zero-order valence-corrected chi connectivity index (χ0v) is 17.6. The molecule has 30 heavy (non-hydrogen) atoms. The van der Waals surface area contributed by atoms with Crippen LogP contribution < -0.4 is 4.31 Å². The van der Waals surface area contributed by atoms with Crippen molar-refractivity contribution in [1.82, 2.24) is 4.90 Å². The van der Waals surface area contributed by atoms with Gasteiger partial charge in [-0.2, -0.15) is 0 Å². The fourth-order valence-corrected chi connectivity index (χ4v) is 4.36. The van der Waals surface area contributed by atoms with Gasteiger partial charge in [-0.05, 0) is 48.9 Å². The number of halogens is 1. The summed E-state index contributed by atoms with van der Waals surface area (Å²) < 4.78 is 40.8. The Labute approximate surface area is 176 Å². The maximum atomic E-state index is 13.3. The highest BCUT2D eigenvalue weighted by Crippen LogP contribution is 2.24. The van der Waals surface area contributed by atoms with Crippen LogP contribution in [0.2, 0.25) is 0 Å². The molecule has 1 amide bonds. The highest BCUT2D eigenvalue weighted by molar-refractivity contribution is 7.92. The number of benzene rings is 3. The summed E-state index contributed by atoms with van der Waals surface area (Å²) in [5.74, 6) is -0.731. The van der Waals surface area contributed by atoms with Gasteiger partial charge in [-0.1, -0.05) is 48.0 Å². The Morgan fingerprint density at radius 2 is 1.50 bits per heavy atom. The van der Waals surface area contributed by atoms with Crippen LogP contribution in [0.4, 0.5) is 10.1 Å². The van der Waals surface area contributed by atoms with Crippen molar-refractivity contribution in [2.75, 3.05) is 17.9 Å². The van der Waals surface area contributed by atoms with E-state index in [1.807, 2.05) is 6.92 Å². The first-order valence-corrected chi connectivity index (χ1v) is 10.8. The fourth-order valence-electron chi connectivity index (χ4n) is 2.94. The van der Waals surface area contributed by atoms with Crippen LogP contribution in [-0.4, -0.2) is 32.8 Å². The molecule has 0 heterocycles. The van der Waals surface area contributed by atoms with E-state index in [1.165, 1.54) is 29.2 Å². The monoisotopic (exact) mass is 426 g/mol. The largest absolute Gasteiger partial charge is 0.340 e. The second-order valence-electron chi connectivity index (χ2n) is 7.04. The molecular formula is C23H23FN2O3S. The summed E-state index contributed by atoms with van der Waals surface area (Å²) in [6, 6.07) is 20.9. The lowest BCUT2D eigenvalue weighted by atomic mass is 10.2. The van der Waals surface area contributed by atoms with Crippen LogP contribution in [0.15, 0.2) is 83.8 Å². The third-order valence-electron chi connectivity index (χ3n) is 4.69. The van der Waals surface area contributed by atoms with Gasteiger partial charge in [0.25, 0.3) is 10.0 Å². The number of amides is 1. The number of likely N-dealkylation sites (N-methyl/N-ethyl adjacent to an activating group) is 1. The van der Waals surface area contributed by atoms with Gasteiger partial charge in [-0.3, -0.25) is 9.10 Å². The molecule has 0 radical (unpaired) electrons. The summed E-state index contributed by atoms with van der Waals surface area (Å²) in [5.41, 5.74) is 2.09. The molecule has 0 fully saturated rings. The van der Waals surface area contributed by atoms with E-state index >= 15 is 0 Å². The van der Waals surface area contributed by atoms with E-state index in [1.54, 1.807) is 61.6 Å². The molecule has 3 aromatic rings. The average Bonchev–Trinajstić information content (AvgIpc) is 2.74. The number of aryl methyl sites for hydroxylation is 1. The van der Waals surface area contributed by atoms with Crippen LogP contribution in [0.3, 0.4) is 0 Å². The molecule has 0 aromatic heterocycles. The van der Waals surface area contributed by atoms with Crippen molar-refractivity contribution in [3.8, 4) is 0 Å². The lowest BCUT2D eigenvalue weighted by molar-refractivity contribution is -0.128. The summed E-state index contributed by atoms with van der Waals surface area (Å²) in [4.78, 5) is 14.4. The molecule has 7 heteroatoms. The number of sulfonamides is 1. The van der Waals surface area contributed by atoms with E-state index in [4.69, 9.17) is 0 Å². The number of rotatable bonds is 7. The van der Waals surface area contributed by atoms with Crippen LogP contribution in [0.25, 0.3) is 0 Å². The quantitative estimate of drug-likeness (QED) is 0.574. The summed E-state index contributed by atoms with van der Waals surface area (Å²) in [6.45, 7) is 1.77. The predicted molar refractivity (Wildman–Crippen MR) is 115 cm³/mol. The number of hydrogen-bond donors (Lipinski definition) is 0. The van der Waals surface area contributed by atoms with E-state index in [-0.39, 0.29) is 29.7 Å². The predicted octanol–water partition coefficient (Wildman–Crippen LogP) is 3.99. The van der Waals surface area contributed by atoms with Gasteiger partial charge in [0.1, 0.15) is 12.4 Å². The van der Waals surface area contributed by atoms with Crippen molar-refractivity contribution >= 4 is 21.6 Å². The third-order valence-corrected chi connectivity index (χ3v) is 6.48. The molecule has 0 aliphatic rings. The Hall–Kier alpha value is -3.19. The lowest BCUT2D eigenvalue weighted by Crippen LogP contribution is -2.41. The average molecular weight is 427 g/mol. The molecule has 0 bridgehead atoms. The number of hydrogen-bond acceptors (Lipinski definition) is 3. The number of para-hydroxylation sites is 1. The van der Waals surface area contributed by atoms with E-state index in [2.05, 4.69) is 0 Å². The summed E-state index contributed by atoms with van der Waals surface area (Å²) >= 11 is 0. The normalized spacial score (nSPS) is 11.2. The number of carbonyl (C=O) groups excluding carboxylic acids is 1. The maximum absolute atomic E-state index is 13.3. The first-order chi connectivity index (χ1) is 14.3. The molecule has 0 atom stereocenters. The van der Waals surface area contributed by atoms with Crippen molar-refractivity contribution < 1.29 is 17.6 Å². The Morgan fingerprint density at radius 1 is 0.900 bits per heavy atom. The van der Waals surface area contributed by atoms with Gasteiger partial charge in [-0.15, -0.1) is 0 Å². The zero-order chi connectivity index (χ0) is 21.7. The van der Waals surface area contributed by atoms with Crippen LogP contribution in [-0.2, 0) is 21.4 Å². The highest BCUT2D eigenvalue weighted by Gasteiger charge is 2.28. The Kier molecular flexibility index (Phi) is 6.52. The Balaban J connectivity index is 1.86. The van der Waals surface area contributed by atoms with Gasteiger partial charge >= 0.3 is 0 Å². The van der Waals surface area contributed by atoms with Crippen molar-refractivity contribution in [3.63, 3.8) is 0 Å². The fraction of sp³-hybridized carbons (Fsp3) is 0.174. The smallest absolute Gasteiger partial charge is 0.264 e. The Morgan fingerprint density at radius 3 is 2.10 bits per heavy atom. The molecule has 156 valence electrons. The molecule has 0 aliphatic heterocycles. The van der Waals surface area contributed by atoms with E-state index in [0.717, 1.165) is 15.4 Å². The van der Waals surface area contributed by atoms with Crippen LogP contribution in [0, 0.1) is 12.7 Å². The first kappa shape index (κ1) is 21.5. The molecule has 0 unspecified atom stereocenters. The zero-order valence-electron chi connectivity index (χ0n) is 16.8. The van der Waals surface area contributed by atoms with Crippen molar-refractivity contribution in [2.24, 2.45) is 0 Å². The maximum Gasteiger partial charge on any atom is 0.264 e. The third kappa shape index (κ3) is 5.04. The van der Waals surface area contributed by atoms with E-state index in [9.17, 15) is 17.6 Å². The van der Waals surface area contributed by atoms with Gasteiger partial charge in [-0.25, -0.2) is 12.8 Å². The molecule has 0 saturated heterocycles. The van der Waals surface area contributed by atoms with Crippen LogP contribution in [0.5, 0.6) is 0 Å². The number of carbonyl (C=O) groups is 1. The molecular weight excluding hydrogens is 403 g/mol. The molecule has 0 N–H and O–H groups in total. The second kappa shape index (κ2) is 9.09. The highest BCUT2D eigenvalue weighted by atomic mass is 32.2. The van der Waals surface area contributed by atoms with Crippen molar-refractivity contribution in [1.29, 1.82) is 0 Å². The molecule has 3 aromatic carbocycles. The summed E-state index contributed by atoms with van der Waals surface area (Å²) in [7, 11) is -2.35. The minimum Gasteiger partial charge on any atom is -0.340 e. The first-order valence-electron chi connectivity index (χ1n) is 9.40. The van der Waals surface area contributed by atoms with Gasteiger partial charge in [0.05, 0.1) is 10.6 Å². The molecule has 0 saturated carbocycles. The number of anilines is 1. The van der Waals surface area contributed by atoms with Crippen molar-refractivity contribution in [2.45, 2.75) is 18.4 Å². The second-order valence-corrected chi connectivity index (χ2v) is 8.90. The van der Waals surface area contributed by atoms with Gasteiger partial charge < -0.3 is 4.90 Å². The van der Waals surface area contributed by atoms with Gasteiger partial charge in [0.15, 0.2) is 0 Å². The van der Waals surface area contributed by atoms with Crippen molar-refractivity contribution in [3.05, 3.63) is 95.8 Å². The molecule has 3 rings (SSSR count). The van der Waals surface area contributed by atoms with Crippen LogP contribution >= 0.6 is 0 Å².